The van der Waals surface area contributed by atoms with Gasteiger partial charge in [0.15, 0.2) is 11.5 Å². The fraction of sp³-hybridized carbons (Fsp3) is 0.381. The maximum atomic E-state index is 5.63. The summed E-state index contributed by atoms with van der Waals surface area (Å²) in [6.07, 6.45) is 0. The highest BCUT2D eigenvalue weighted by Gasteiger charge is 2.13. The number of tetrazole rings is 1. The SMILES string of the molecule is COc1cc(C)c(CN(C)Cn2nnn(-c3cc(C)ccc3C)c2=S)cc1OC. The lowest BCUT2D eigenvalue weighted by molar-refractivity contribution is 0.241. The van der Waals surface area contributed by atoms with Crippen LogP contribution in [-0.4, -0.2) is 46.0 Å². The molecule has 0 radical (unpaired) electrons. The van der Waals surface area contributed by atoms with Crippen LogP contribution in [0, 0.1) is 25.5 Å². The lowest BCUT2D eigenvalue weighted by atomic mass is 10.1. The van der Waals surface area contributed by atoms with Gasteiger partial charge in [-0.05, 0) is 90.9 Å². The molecular weight excluding hydrogens is 386 g/mol. The number of aryl methyl sites for hydroxylation is 3. The van der Waals surface area contributed by atoms with Crippen molar-refractivity contribution in [3.63, 3.8) is 0 Å². The van der Waals surface area contributed by atoms with Crippen LogP contribution in [0.25, 0.3) is 5.69 Å². The van der Waals surface area contributed by atoms with Gasteiger partial charge in [0.1, 0.15) is 0 Å². The van der Waals surface area contributed by atoms with Crippen LogP contribution >= 0.6 is 12.2 Å². The van der Waals surface area contributed by atoms with Gasteiger partial charge < -0.3 is 9.47 Å². The van der Waals surface area contributed by atoms with Gasteiger partial charge in [-0.2, -0.15) is 4.68 Å². The van der Waals surface area contributed by atoms with Crippen LogP contribution in [0.5, 0.6) is 11.5 Å². The molecule has 0 aliphatic heterocycles. The van der Waals surface area contributed by atoms with Gasteiger partial charge >= 0.3 is 0 Å². The lowest BCUT2D eigenvalue weighted by Gasteiger charge is -2.19. The van der Waals surface area contributed by atoms with Crippen LogP contribution in [0.4, 0.5) is 0 Å². The Morgan fingerprint density at radius 1 is 0.966 bits per heavy atom. The maximum absolute atomic E-state index is 5.63. The molecule has 1 heterocycles. The molecule has 0 saturated heterocycles. The Bertz CT molecular complexity index is 1070. The van der Waals surface area contributed by atoms with Crippen LogP contribution < -0.4 is 9.47 Å². The molecule has 0 aliphatic rings. The highest BCUT2D eigenvalue weighted by molar-refractivity contribution is 7.71. The summed E-state index contributed by atoms with van der Waals surface area (Å²) in [5.74, 6) is 1.45. The molecule has 2 aromatic carbocycles. The number of benzene rings is 2. The molecule has 0 atom stereocenters. The van der Waals surface area contributed by atoms with Crippen molar-refractivity contribution in [2.75, 3.05) is 21.3 Å². The van der Waals surface area contributed by atoms with Crippen LogP contribution in [0.15, 0.2) is 30.3 Å². The van der Waals surface area contributed by atoms with Gasteiger partial charge in [0, 0.05) is 6.54 Å². The number of hydrogen-bond donors (Lipinski definition) is 0. The molecule has 0 aliphatic carbocycles. The average Bonchev–Trinajstić information content (AvgIpc) is 3.05. The third-order valence-corrected chi connectivity index (χ3v) is 5.27. The predicted molar refractivity (Wildman–Crippen MR) is 115 cm³/mol. The van der Waals surface area contributed by atoms with E-state index in [4.69, 9.17) is 21.7 Å². The first-order chi connectivity index (χ1) is 13.8. The Labute approximate surface area is 176 Å². The molecule has 8 heteroatoms. The van der Waals surface area contributed by atoms with E-state index in [1.54, 1.807) is 23.6 Å². The number of aromatic nitrogens is 4. The van der Waals surface area contributed by atoms with E-state index in [-0.39, 0.29) is 0 Å². The van der Waals surface area contributed by atoms with Crippen molar-refractivity contribution in [3.05, 3.63) is 57.4 Å². The van der Waals surface area contributed by atoms with Gasteiger partial charge in [-0.25, -0.2) is 4.68 Å². The Morgan fingerprint density at radius 3 is 2.34 bits per heavy atom. The Hall–Kier alpha value is -2.71. The van der Waals surface area contributed by atoms with Crippen molar-refractivity contribution < 1.29 is 9.47 Å². The number of rotatable bonds is 7. The monoisotopic (exact) mass is 413 g/mol. The van der Waals surface area contributed by atoms with Gasteiger partial charge in [0.25, 0.3) is 0 Å². The highest BCUT2D eigenvalue weighted by Crippen LogP contribution is 2.30. The minimum Gasteiger partial charge on any atom is -0.493 e. The number of nitrogens with zero attached hydrogens (tertiary/aromatic N) is 5. The summed E-state index contributed by atoms with van der Waals surface area (Å²) < 4.78 is 14.8. The molecule has 0 spiro atoms. The second-order valence-electron chi connectivity index (χ2n) is 7.25. The van der Waals surface area contributed by atoms with Crippen molar-refractivity contribution in [1.82, 2.24) is 24.7 Å². The van der Waals surface area contributed by atoms with E-state index in [1.165, 1.54) is 0 Å². The van der Waals surface area contributed by atoms with Gasteiger partial charge in [0.05, 0.1) is 26.6 Å². The summed E-state index contributed by atoms with van der Waals surface area (Å²) in [6.45, 7) is 7.40. The summed E-state index contributed by atoms with van der Waals surface area (Å²) in [4.78, 5) is 2.13. The largest absolute Gasteiger partial charge is 0.493 e. The molecule has 0 bridgehead atoms. The molecule has 0 unspecified atom stereocenters. The van der Waals surface area contributed by atoms with Crippen LogP contribution in [0.2, 0.25) is 0 Å². The fourth-order valence-corrected chi connectivity index (χ4v) is 3.45. The number of hydrogen-bond acceptors (Lipinski definition) is 6. The Morgan fingerprint density at radius 2 is 1.66 bits per heavy atom. The summed E-state index contributed by atoms with van der Waals surface area (Å²) in [7, 11) is 5.31. The van der Waals surface area contributed by atoms with Gasteiger partial charge in [-0.1, -0.05) is 12.1 Å². The summed E-state index contributed by atoms with van der Waals surface area (Å²) >= 11 is 5.63. The Balaban J connectivity index is 1.80. The predicted octanol–water partition coefficient (Wildman–Crippen LogP) is 3.83. The molecular formula is C21H27N5O2S. The van der Waals surface area contributed by atoms with Crippen LogP contribution in [-0.2, 0) is 13.2 Å². The van der Waals surface area contributed by atoms with Crippen molar-refractivity contribution in [2.24, 2.45) is 0 Å². The molecule has 3 rings (SSSR count). The minimum atomic E-state index is 0.525. The lowest BCUT2D eigenvalue weighted by Crippen LogP contribution is -2.23. The molecule has 0 fully saturated rings. The van der Waals surface area contributed by atoms with E-state index >= 15 is 0 Å². The molecule has 7 nitrogen and oxygen atoms in total. The maximum Gasteiger partial charge on any atom is 0.221 e. The average molecular weight is 414 g/mol. The summed E-state index contributed by atoms with van der Waals surface area (Å²) in [5, 5.41) is 8.55. The second kappa shape index (κ2) is 8.75. The van der Waals surface area contributed by atoms with E-state index < -0.39 is 0 Å². The minimum absolute atomic E-state index is 0.525. The summed E-state index contributed by atoms with van der Waals surface area (Å²) in [6, 6.07) is 10.2. The first-order valence-corrected chi connectivity index (χ1v) is 9.75. The normalized spacial score (nSPS) is 11.1. The third kappa shape index (κ3) is 4.49. The highest BCUT2D eigenvalue weighted by atomic mass is 32.1. The third-order valence-electron chi connectivity index (χ3n) is 4.89. The quantitative estimate of drug-likeness (QED) is 0.549. The zero-order valence-electron chi connectivity index (χ0n) is 17.8. The van der Waals surface area contributed by atoms with E-state index in [2.05, 4.69) is 47.4 Å². The molecule has 3 aromatic rings. The van der Waals surface area contributed by atoms with Crippen LogP contribution in [0.1, 0.15) is 22.3 Å². The van der Waals surface area contributed by atoms with Gasteiger partial charge in [-0.15, -0.1) is 0 Å². The van der Waals surface area contributed by atoms with Crippen molar-refractivity contribution in [2.45, 2.75) is 34.0 Å². The first-order valence-electron chi connectivity index (χ1n) is 9.34. The van der Waals surface area contributed by atoms with E-state index in [0.717, 1.165) is 39.4 Å². The standard InChI is InChI=1S/C21H27N5O2S/c1-14-7-8-15(2)18(9-14)26-21(29)25(22-23-26)13-24(4)12-17-11-20(28-6)19(27-5)10-16(17)3/h7-11H,12-13H2,1-6H3. The fourth-order valence-electron chi connectivity index (χ4n) is 3.22. The molecule has 0 saturated carbocycles. The smallest absolute Gasteiger partial charge is 0.221 e. The van der Waals surface area contributed by atoms with Crippen molar-refractivity contribution in [1.29, 1.82) is 0 Å². The topological polar surface area (TPSA) is 57.3 Å². The van der Waals surface area contributed by atoms with E-state index in [0.29, 0.717) is 18.0 Å². The first kappa shape index (κ1) is 21.0. The van der Waals surface area contributed by atoms with E-state index in [9.17, 15) is 0 Å². The zero-order valence-corrected chi connectivity index (χ0v) is 18.6. The van der Waals surface area contributed by atoms with Crippen molar-refractivity contribution >= 4 is 12.2 Å². The van der Waals surface area contributed by atoms with Gasteiger partial charge in [0.2, 0.25) is 4.77 Å². The molecule has 1 aromatic heterocycles. The Kier molecular flexibility index (Phi) is 6.34. The number of methoxy groups -OCH3 is 2. The number of ether oxygens (including phenoxy) is 2. The summed E-state index contributed by atoms with van der Waals surface area (Å²) in [5.41, 5.74) is 5.51. The molecule has 0 amide bonds. The van der Waals surface area contributed by atoms with E-state index in [1.807, 2.05) is 26.1 Å². The molecule has 29 heavy (non-hydrogen) atoms. The van der Waals surface area contributed by atoms with Crippen LogP contribution in [0.3, 0.4) is 0 Å². The van der Waals surface area contributed by atoms with Gasteiger partial charge in [-0.3, -0.25) is 4.90 Å². The molecule has 154 valence electrons. The molecule has 0 N–H and O–H groups in total. The second-order valence-corrected chi connectivity index (χ2v) is 7.62. The zero-order chi connectivity index (χ0) is 21.1. The van der Waals surface area contributed by atoms with Crippen molar-refractivity contribution in [3.8, 4) is 17.2 Å².